The van der Waals surface area contributed by atoms with E-state index in [1.54, 1.807) is 23.0 Å². The molecule has 0 atom stereocenters. The smallest absolute Gasteiger partial charge is 0.258 e. The minimum absolute atomic E-state index is 0.211. The maximum absolute atomic E-state index is 13.0. The van der Waals surface area contributed by atoms with Gasteiger partial charge in [0.25, 0.3) is 5.91 Å². The monoisotopic (exact) mass is 543 g/mol. The fraction of sp³-hybridized carbons (Fsp3) is 0.448. The van der Waals surface area contributed by atoms with Crippen LogP contribution in [0.2, 0.25) is 0 Å². The summed E-state index contributed by atoms with van der Waals surface area (Å²) in [5.41, 5.74) is 4.20. The second-order valence-electron chi connectivity index (χ2n) is 11.8. The third kappa shape index (κ3) is 6.20. The molecule has 1 saturated heterocycles. The van der Waals surface area contributed by atoms with Crippen molar-refractivity contribution in [2.24, 2.45) is 5.92 Å². The van der Waals surface area contributed by atoms with Crippen molar-refractivity contribution in [2.75, 3.05) is 42.9 Å². The Bertz CT molecular complexity index is 1480. The number of rotatable bonds is 7. The highest BCUT2D eigenvalue weighted by molar-refractivity contribution is 6.03. The van der Waals surface area contributed by atoms with Crippen molar-refractivity contribution in [3.63, 3.8) is 0 Å². The quantitative estimate of drug-likeness (QED) is 0.363. The van der Waals surface area contributed by atoms with Gasteiger partial charge in [0, 0.05) is 62.2 Å². The van der Waals surface area contributed by atoms with Gasteiger partial charge in [-0.1, -0.05) is 45.0 Å². The summed E-state index contributed by atoms with van der Waals surface area (Å²) in [7, 11) is 0. The number of aryl methyl sites for hydroxylation is 1. The van der Waals surface area contributed by atoms with Crippen molar-refractivity contribution in [3.8, 4) is 16.9 Å². The van der Waals surface area contributed by atoms with E-state index in [0.717, 1.165) is 49.7 Å². The summed E-state index contributed by atoms with van der Waals surface area (Å²) in [6.45, 7) is 17.6. The average molecular weight is 544 g/mol. The SMILES string of the molecule is Cc1ncc(C(=O)Nc2cc(C(C)(C)C)on2)cc1-n1cc(-c2cncc(N3CCN(CC(C)C)CC3)c2)nn1. The van der Waals surface area contributed by atoms with Crippen molar-refractivity contribution >= 4 is 17.4 Å². The molecule has 4 aromatic rings. The average Bonchev–Trinajstić information content (AvgIpc) is 3.60. The Morgan fingerprint density at radius 3 is 2.55 bits per heavy atom. The lowest BCUT2D eigenvalue weighted by Gasteiger charge is -2.36. The molecule has 1 amide bonds. The van der Waals surface area contributed by atoms with Crippen molar-refractivity contribution in [3.05, 3.63) is 60.0 Å². The lowest BCUT2D eigenvalue weighted by Crippen LogP contribution is -2.47. The van der Waals surface area contributed by atoms with Crippen LogP contribution < -0.4 is 10.2 Å². The molecule has 1 aliphatic heterocycles. The van der Waals surface area contributed by atoms with Crippen LogP contribution in [0.25, 0.3) is 16.9 Å². The molecule has 0 saturated carbocycles. The number of amides is 1. The number of hydrogen-bond donors (Lipinski definition) is 1. The maximum atomic E-state index is 13.0. The van der Waals surface area contributed by atoms with Gasteiger partial charge in [-0.15, -0.1) is 5.10 Å². The highest BCUT2D eigenvalue weighted by Crippen LogP contribution is 2.26. The summed E-state index contributed by atoms with van der Waals surface area (Å²) in [5, 5.41) is 15.5. The van der Waals surface area contributed by atoms with Gasteiger partial charge in [-0.2, -0.15) is 0 Å². The van der Waals surface area contributed by atoms with Crippen LogP contribution in [0.4, 0.5) is 11.5 Å². The highest BCUT2D eigenvalue weighted by Gasteiger charge is 2.22. The van der Waals surface area contributed by atoms with Crippen LogP contribution in [-0.2, 0) is 5.41 Å². The highest BCUT2D eigenvalue weighted by atomic mass is 16.5. The number of nitrogens with zero attached hydrogens (tertiary/aromatic N) is 8. The number of hydrogen-bond acceptors (Lipinski definition) is 9. The van der Waals surface area contributed by atoms with Gasteiger partial charge in [0.2, 0.25) is 0 Å². The maximum Gasteiger partial charge on any atom is 0.258 e. The number of anilines is 2. The van der Waals surface area contributed by atoms with E-state index in [-0.39, 0.29) is 11.3 Å². The molecule has 1 fully saturated rings. The van der Waals surface area contributed by atoms with Crippen LogP contribution in [0, 0.1) is 12.8 Å². The van der Waals surface area contributed by atoms with Crippen LogP contribution >= 0.6 is 0 Å². The summed E-state index contributed by atoms with van der Waals surface area (Å²) >= 11 is 0. The molecule has 210 valence electrons. The number of carbonyl (C=O) groups is 1. The van der Waals surface area contributed by atoms with E-state index in [0.29, 0.717) is 34.4 Å². The molecule has 1 N–H and O–H groups in total. The molecule has 0 spiro atoms. The zero-order valence-corrected chi connectivity index (χ0v) is 24.0. The Morgan fingerprint density at radius 2 is 1.85 bits per heavy atom. The lowest BCUT2D eigenvalue weighted by molar-refractivity contribution is 0.102. The van der Waals surface area contributed by atoms with E-state index in [1.165, 1.54) is 6.20 Å². The van der Waals surface area contributed by atoms with Crippen molar-refractivity contribution in [2.45, 2.75) is 47.0 Å². The van der Waals surface area contributed by atoms with Crippen LogP contribution in [0.3, 0.4) is 0 Å². The zero-order chi connectivity index (χ0) is 28.4. The van der Waals surface area contributed by atoms with Crippen molar-refractivity contribution in [1.82, 2.24) is 35.0 Å². The first-order valence-corrected chi connectivity index (χ1v) is 13.7. The second-order valence-corrected chi connectivity index (χ2v) is 11.8. The normalized spacial score (nSPS) is 14.6. The molecule has 0 aliphatic carbocycles. The van der Waals surface area contributed by atoms with Crippen molar-refractivity contribution in [1.29, 1.82) is 0 Å². The number of carbonyl (C=O) groups excluding carboxylic acids is 1. The standard InChI is InChI=1S/C29H37N9O2/c1-19(2)17-36-7-9-37(10-8-36)23-11-21(14-30-16-23)24-18-38(35-33-24)25-12-22(15-31-20(25)3)28(39)32-27-13-26(40-34-27)29(4,5)6/h11-16,18-19H,7-10,17H2,1-6H3,(H,32,34,39). The third-order valence-electron chi connectivity index (χ3n) is 6.93. The molecule has 1 aliphatic rings. The largest absolute Gasteiger partial charge is 0.368 e. The van der Waals surface area contributed by atoms with Gasteiger partial charge in [-0.05, 0) is 25.0 Å². The number of pyridine rings is 2. The molecule has 4 aromatic heterocycles. The van der Waals surface area contributed by atoms with E-state index in [1.807, 2.05) is 40.1 Å². The van der Waals surface area contributed by atoms with Crippen LogP contribution in [0.5, 0.6) is 0 Å². The van der Waals surface area contributed by atoms with Crippen LogP contribution in [-0.4, -0.2) is 73.6 Å². The van der Waals surface area contributed by atoms with Gasteiger partial charge >= 0.3 is 0 Å². The van der Waals surface area contributed by atoms with E-state index < -0.39 is 0 Å². The third-order valence-corrected chi connectivity index (χ3v) is 6.93. The fourth-order valence-electron chi connectivity index (χ4n) is 4.71. The zero-order valence-electron chi connectivity index (χ0n) is 24.0. The van der Waals surface area contributed by atoms with E-state index in [9.17, 15) is 4.79 Å². The first-order chi connectivity index (χ1) is 19.1. The molecule has 5 rings (SSSR count). The van der Waals surface area contributed by atoms with Gasteiger partial charge < -0.3 is 14.7 Å². The molecule has 5 heterocycles. The molecule has 40 heavy (non-hydrogen) atoms. The Morgan fingerprint density at radius 1 is 1.07 bits per heavy atom. The van der Waals surface area contributed by atoms with E-state index >= 15 is 0 Å². The molecule has 11 nitrogen and oxygen atoms in total. The predicted molar refractivity (Wildman–Crippen MR) is 154 cm³/mol. The summed E-state index contributed by atoms with van der Waals surface area (Å²) in [5.74, 6) is 1.37. The Labute approximate surface area is 234 Å². The summed E-state index contributed by atoms with van der Waals surface area (Å²) < 4.78 is 7.01. The molecule has 0 unspecified atom stereocenters. The summed E-state index contributed by atoms with van der Waals surface area (Å²) in [4.78, 5) is 26.8. The molecule has 0 aromatic carbocycles. The van der Waals surface area contributed by atoms with Gasteiger partial charge in [0.1, 0.15) is 11.5 Å². The Hall–Kier alpha value is -4.12. The number of piperazine rings is 1. The first-order valence-electron chi connectivity index (χ1n) is 13.7. The minimum atomic E-state index is -0.340. The van der Waals surface area contributed by atoms with Gasteiger partial charge in [-0.25, -0.2) is 4.68 Å². The van der Waals surface area contributed by atoms with Crippen molar-refractivity contribution < 1.29 is 9.32 Å². The number of nitrogens with one attached hydrogen (secondary N) is 1. The minimum Gasteiger partial charge on any atom is -0.368 e. The Kier molecular flexibility index (Phi) is 7.66. The second kappa shape index (κ2) is 11.2. The molecular weight excluding hydrogens is 506 g/mol. The van der Waals surface area contributed by atoms with Crippen LogP contribution in [0.1, 0.15) is 56.4 Å². The van der Waals surface area contributed by atoms with E-state index in [2.05, 4.69) is 60.5 Å². The molecule has 0 bridgehead atoms. The molecular formula is C29H37N9O2. The number of aromatic nitrogens is 6. The van der Waals surface area contributed by atoms with Gasteiger partial charge in [0.05, 0.1) is 35.0 Å². The molecule has 11 heteroatoms. The van der Waals surface area contributed by atoms with Gasteiger partial charge in [-0.3, -0.25) is 19.7 Å². The molecule has 0 radical (unpaired) electrons. The summed E-state index contributed by atoms with van der Waals surface area (Å²) in [6.07, 6.45) is 7.07. The van der Waals surface area contributed by atoms with E-state index in [4.69, 9.17) is 4.52 Å². The van der Waals surface area contributed by atoms with Gasteiger partial charge in [0.15, 0.2) is 5.82 Å². The van der Waals surface area contributed by atoms with Crippen LogP contribution in [0.15, 0.2) is 47.5 Å². The Balaban J connectivity index is 1.31. The first kappa shape index (κ1) is 27.4. The summed E-state index contributed by atoms with van der Waals surface area (Å²) in [6, 6.07) is 5.59. The fourth-order valence-corrected chi connectivity index (χ4v) is 4.71. The lowest BCUT2D eigenvalue weighted by atomic mass is 9.93. The predicted octanol–water partition coefficient (Wildman–Crippen LogP) is 4.35. The topological polar surface area (TPSA) is 118 Å².